The lowest BCUT2D eigenvalue weighted by molar-refractivity contribution is -0.121. The number of unbranched alkanes of at least 4 members (excludes halogenated alkanes) is 1. The van der Waals surface area contributed by atoms with E-state index in [4.69, 9.17) is 0 Å². The zero-order valence-corrected chi connectivity index (χ0v) is 11.3. The molecule has 0 aromatic heterocycles. The molecule has 0 aromatic carbocycles. The van der Waals surface area contributed by atoms with Crippen LogP contribution in [0.15, 0.2) is 12.2 Å². The van der Waals surface area contributed by atoms with Crippen LogP contribution in [0.1, 0.15) is 53.4 Å². The fraction of sp³-hybridized carbons (Fsp3) is 0.786. The third kappa shape index (κ3) is 11.3. The molecule has 0 saturated heterocycles. The average Bonchev–Trinajstić information content (AvgIpc) is 2.19. The summed E-state index contributed by atoms with van der Waals surface area (Å²) in [5.41, 5.74) is 0. The quantitative estimate of drug-likeness (QED) is 0.497. The van der Waals surface area contributed by atoms with Crippen LogP contribution in [0, 0.1) is 11.8 Å². The van der Waals surface area contributed by atoms with Gasteiger partial charge in [0.25, 0.3) is 0 Å². The van der Waals surface area contributed by atoms with Crippen molar-refractivity contribution in [2.24, 2.45) is 11.8 Å². The molecule has 16 heavy (non-hydrogen) atoms. The Morgan fingerprint density at radius 1 is 1.12 bits per heavy atom. The van der Waals surface area contributed by atoms with Crippen LogP contribution in [-0.2, 0) is 4.79 Å². The van der Waals surface area contributed by atoms with E-state index in [-0.39, 0.29) is 5.91 Å². The number of allylic oxidation sites excluding steroid dienone is 2. The minimum absolute atomic E-state index is 0.186. The molecule has 0 aliphatic heterocycles. The van der Waals surface area contributed by atoms with Crippen molar-refractivity contribution in [3.05, 3.63) is 12.2 Å². The summed E-state index contributed by atoms with van der Waals surface area (Å²) in [7, 11) is 0. The molecule has 0 unspecified atom stereocenters. The number of carbonyl (C=O) groups is 1. The van der Waals surface area contributed by atoms with E-state index in [0.717, 1.165) is 31.7 Å². The van der Waals surface area contributed by atoms with Crippen LogP contribution in [0.25, 0.3) is 0 Å². The average molecular weight is 225 g/mol. The molecule has 0 heterocycles. The zero-order chi connectivity index (χ0) is 12.4. The first-order chi connectivity index (χ1) is 7.52. The van der Waals surface area contributed by atoms with Gasteiger partial charge in [0, 0.05) is 13.0 Å². The van der Waals surface area contributed by atoms with E-state index in [2.05, 4.69) is 45.2 Å². The third-order valence-corrected chi connectivity index (χ3v) is 2.26. The number of nitrogens with one attached hydrogen (secondary N) is 1. The number of hydrogen-bond donors (Lipinski definition) is 1. The van der Waals surface area contributed by atoms with E-state index in [1.165, 1.54) is 0 Å². The van der Waals surface area contributed by atoms with Crippen molar-refractivity contribution in [1.29, 1.82) is 0 Å². The molecule has 1 amide bonds. The van der Waals surface area contributed by atoms with Crippen molar-refractivity contribution >= 4 is 5.91 Å². The molecular weight excluding hydrogens is 198 g/mol. The highest BCUT2D eigenvalue weighted by molar-refractivity contribution is 5.75. The SMILES string of the molecule is CC(C)CC=CCCCC(=O)NCC(C)C. The van der Waals surface area contributed by atoms with Crippen molar-refractivity contribution in [1.82, 2.24) is 5.32 Å². The molecule has 0 atom stereocenters. The minimum Gasteiger partial charge on any atom is -0.356 e. The molecule has 0 bridgehead atoms. The first-order valence-electron chi connectivity index (χ1n) is 6.44. The Labute approximate surface area is 101 Å². The van der Waals surface area contributed by atoms with Gasteiger partial charge in [0.05, 0.1) is 0 Å². The Morgan fingerprint density at radius 3 is 2.38 bits per heavy atom. The lowest BCUT2D eigenvalue weighted by atomic mass is 10.1. The standard InChI is InChI=1S/C14H27NO/c1-12(2)9-7-5-6-8-10-14(16)15-11-13(3)4/h5,7,12-13H,6,8-11H2,1-4H3,(H,15,16). The van der Waals surface area contributed by atoms with Gasteiger partial charge >= 0.3 is 0 Å². The van der Waals surface area contributed by atoms with E-state index in [0.29, 0.717) is 12.3 Å². The summed E-state index contributed by atoms with van der Waals surface area (Å²) in [5.74, 6) is 1.45. The number of carbonyl (C=O) groups excluding carboxylic acids is 1. The highest BCUT2D eigenvalue weighted by Crippen LogP contribution is 2.03. The second kappa shape index (κ2) is 9.44. The van der Waals surface area contributed by atoms with E-state index < -0.39 is 0 Å². The van der Waals surface area contributed by atoms with Crippen LogP contribution < -0.4 is 5.32 Å². The second-order valence-electron chi connectivity index (χ2n) is 5.19. The summed E-state index contributed by atoms with van der Waals surface area (Å²) in [6.07, 6.45) is 8.17. The predicted molar refractivity (Wildman–Crippen MR) is 70.3 cm³/mol. The van der Waals surface area contributed by atoms with E-state index in [1.807, 2.05) is 0 Å². The van der Waals surface area contributed by atoms with Gasteiger partial charge in [-0.3, -0.25) is 4.79 Å². The number of amides is 1. The lowest BCUT2D eigenvalue weighted by Crippen LogP contribution is -2.26. The lowest BCUT2D eigenvalue weighted by Gasteiger charge is -2.06. The fourth-order valence-corrected chi connectivity index (χ4v) is 1.27. The Bertz CT molecular complexity index is 207. The van der Waals surface area contributed by atoms with Gasteiger partial charge in [0.15, 0.2) is 0 Å². The van der Waals surface area contributed by atoms with E-state index in [1.54, 1.807) is 0 Å². The van der Waals surface area contributed by atoms with Crippen molar-refractivity contribution in [3.8, 4) is 0 Å². The minimum atomic E-state index is 0.186. The summed E-state index contributed by atoms with van der Waals surface area (Å²) < 4.78 is 0. The summed E-state index contributed by atoms with van der Waals surface area (Å²) >= 11 is 0. The number of rotatable bonds is 8. The predicted octanol–water partition coefficient (Wildman–Crippen LogP) is 3.53. The van der Waals surface area contributed by atoms with Crippen LogP contribution in [0.3, 0.4) is 0 Å². The molecule has 0 aliphatic rings. The third-order valence-electron chi connectivity index (χ3n) is 2.26. The molecule has 0 spiro atoms. The van der Waals surface area contributed by atoms with Gasteiger partial charge in [-0.15, -0.1) is 0 Å². The maximum atomic E-state index is 11.4. The zero-order valence-electron chi connectivity index (χ0n) is 11.3. The maximum Gasteiger partial charge on any atom is 0.220 e. The van der Waals surface area contributed by atoms with Crippen molar-refractivity contribution in [3.63, 3.8) is 0 Å². The monoisotopic (exact) mass is 225 g/mol. The van der Waals surface area contributed by atoms with Crippen LogP contribution in [0.5, 0.6) is 0 Å². The van der Waals surface area contributed by atoms with Gasteiger partial charge in [-0.05, 0) is 31.1 Å². The van der Waals surface area contributed by atoms with Gasteiger partial charge in [-0.2, -0.15) is 0 Å². The van der Waals surface area contributed by atoms with Crippen molar-refractivity contribution in [2.45, 2.75) is 53.4 Å². The summed E-state index contributed by atoms with van der Waals surface area (Å²) in [6, 6.07) is 0. The molecule has 2 nitrogen and oxygen atoms in total. The molecule has 0 fully saturated rings. The van der Waals surface area contributed by atoms with Crippen LogP contribution in [-0.4, -0.2) is 12.5 Å². The highest BCUT2D eigenvalue weighted by atomic mass is 16.1. The van der Waals surface area contributed by atoms with Crippen LogP contribution >= 0.6 is 0 Å². The Hall–Kier alpha value is -0.790. The van der Waals surface area contributed by atoms with Gasteiger partial charge < -0.3 is 5.32 Å². The molecule has 0 saturated carbocycles. The molecule has 1 N–H and O–H groups in total. The Balaban J connectivity index is 3.37. The normalized spacial score (nSPS) is 11.6. The molecule has 2 heteroatoms. The van der Waals surface area contributed by atoms with Gasteiger partial charge in [0.1, 0.15) is 0 Å². The highest BCUT2D eigenvalue weighted by Gasteiger charge is 2.00. The molecular formula is C14H27NO. The van der Waals surface area contributed by atoms with Gasteiger partial charge in [-0.1, -0.05) is 39.8 Å². The summed E-state index contributed by atoms with van der Waals surface area (Å²) in [6.45, 7) is 9.43. The van der Waals surface area contributed by atoms with Crippen molar-refractivity contribution < 1.29 is 4.79 Å². The summed E-state index contributed by atoms with van der Waals surface area (Å²) in [4.78, 5) is 11.4. The van der Waals surface area contributed by atoms with Crippen molar-refractivity contribution in [2.75, 3.05) is 6.54 Å². The Morgan fingerprint density at radius 2 is 1.81 bits per heavy atom. The first kappa shape index (κ1) is 15.2. The molecule has 0 rings (SSSR count). The largest absolute Gasteiger partial charge is 0.356 e. The van der Waals surface area contributed by atoms with Gasteiger partial charge in [0.2, 0.25) is 5.91 Å². The smallest absolute Gasteiger partial charge is 0.220 e. The maximum absolute atomic E-state index is 11.4. The molecule has 94 valence electrons. The Kier molecular flexibility index (Phi) is 8.97. The van der Waals surface area contributed by atoms with Crippen LogP contribution in [0.2, 0.25) is 0 Å². The topological polar surface area (TPSA) is 29.1 Å². The van der Waals surface area contributed by atoms with Gasteiger partial charge in [-0.25, -0.2) is 0 Å². The van der Waals surface area contributed by atoms with E-state index >= 15 is 0 Å². The van der Waals surface area contributed by atoms with E-state index in [9.17, 15) is 4.79 Å². The molecule has 0 radical (unpaired) electrons. The fourth-order valence-electron chi connectivity index (χ4n) is 1.27. The van der Waals surface area contributed by atoms with Crippen LogP contribution in [0.4, 0.5) is 0 Å². The second-order valence-corrected chi connectivity index (χ2v) is 5.19. The summed E-state index contributed by atoms with van der Waals surface area (Å²) in [5, 5.41) is 2.93. The number of hydrogen-bond acceptors (Lipinski definition) is 1. The molecule has 0 aliphatic carbocycles. The first-order valence-corrected chi connectivity index (χ1v) is 6.44. The molecule has 0 aromatic rings.